The first kappa shape index (κ1) is 12.2. The number of hydrogen-bond acceptors (Lipinski definition) is 3. The van der Waals surface area contributed by atoms with E-state index in [0.29, 0.717) is 0 Å². The number of nitrogens with one attached hydrogen (secondary N) is 2. The summed E-state index contributed by atoms with van der Waals surface area (Å²) in [4.78, 5) is 0. The van der Waals surface area contributed by atoms with Gasteiger partial charge in [-0.05, 0) is 62.2 Å². The van der Waals surface area contributed by atoms with Crippen LogP contribution in [-0.2, 0) is 0 Å². The smallest absolute Gasteiger partial charge is 0.0647 e. The van der Waals surface area contributed by atoms with Gasteiger partial charge in [0, 0.05) is 24.6 Å². The Balaban J connectivity index is 1.57. The molecule has 1 fully saturated rings. The van der Waals surface area contributed by atoms with E-state index >= 15 is 0 Å². The molecule has 3 rings (SSSR count). The molecule has 0 saturated carbocycles. The first-order valence-electron chi connectivity index (χ1n) is 6.96. The summed E-state index contributed by atoms with van der Waals surface area (Å²) >= 11 is 0. The minimum Gasteiger partial charge on any atom is -0.385 e. The van der Waals surface area contributed by atoms with Crippen molar-refractivity contribution in [3.63, 3.8) is 0 Å². The molecule has 0 amide bonds. The lowest BCUT2D eigenvalue weighted by atomic mass is 10.00. The normalized spacial score (nSPS) is 19.3. The van der Waals surface area contributed by atoms with Crippen LogP contribution in [0, 0.1) is 5.92 Å². The van der Waals surface area contributed by atoms with Crippen LogP contribution >= 0.6 is 0 Å². The van der Waals surface area contributed by atoms with Gasteiger partial charge in [-0.15, -0.1) is 0 Å². The maximum Gasteiger partial charge on any atom is 0.0647 e. The van der Waals surface area contributed by atoms with Gasteiger partial charge >= 0.3 is 0 Å². The van der Waals surface area contributed by atoms with Gasteiger partial charge in [-0.3, -0.25) is 0 Å². The van der Waals surface area contributed by atoms with E-state index in [4.69, 9.17) is 0 Å². The van der Waals surface area contributed by atoms with Crippen molar-refractivity contribution < 1.29 is 0 Å². The molecule has 19 heavy (non-hydrogen) atoms. The van der Waals surface area contributed by atoms with Crippen LogP contribution in [-0.4, -0.2) is 29.4 Å². The fourth-order valence-corrected chi connectivity index (χ4v) is 2.51. The van der Waals surface area contributed by atoms with E-state index < -0.39 is 0 Å². The second kappa shape index (κ2) is 5.89. The van der Waals surface area contributed by atoms with Gasteiger partial charge in [0.15, 0.2) is 0 Å². The number of aromatic nitrogens is 2. The number of anilines is 1. The Morgan fingerprint density at radius 3 is 2.89 bits per heavy atom. The van der Waals surface area contributed by atoms with E-state index in [1.54, 1.807) is 6.20 Å². The second-order valence-corrected chi connectivity index (χ2v) is 5.09. The van der Waals surface area contributed by atoms with Crippen LogP contribution in [0.15, 0.2) is 42.7 Å². The van der Waals surface area contributed by atoms with Crippen LogP contribution in [0.1, 0.15) is 12.8 Å². The van der Waals surface area contributed by atoms with E-state index in [0.717, 1.165) is 24.7 Å². The van der Waals surface area contributed by atoms with Gasteiger partial charge in [0.1, 0.15) is 0 Å². The molecule has 0 radical (unpaired) electrons. The summed E-state index contributed by atoms with van der Waals surface area (Å²) in [6.07, 6.45) is 6.37. The number of rotatable bonds is 4. The van der Waals surface area contributed by atoms with Crippen LogP contribution < -0.4 is 10.6 Å². The zero-order valence-electron chi connectivity index (χ0n) is 11.0. The van der Waals surface area contributed by atoms with Crippen molar-refractivity contribution in [2.24, 2.45) is 5.92 Å². The van der Waals surface area contributed by atoms with Crippen molar-refractivity contribution >= 4 is 5.69 Å². The van der Waals surface area contributed by atoms with Crippen molar-refractivity contribution in [1.29, 1.82) is 0 Å². The van der Waals surface area contributed by atoms with E-state index in [1.807, 2.05) is 16.9 Å². The van der Waals surface area contributed by atoms with Gasteiger partial charge in [0.05, 0.1) is 5.69 Å². The van der Waals surface area contributed by atoms with Crippen LogP contribution in [0.5, 0.6) is 0 Å². The molecule has 1 atom stereocenters. The van der Waals surface area contributed by atoms with Gasteiger partial charge < -0.3 is 10.6 Å². The molecule has 4 nitrogen and oxygen atoms in total. The SMILES string of the molecule is c1cnn(-c2ccc(NCC3CCCNC3)cc2)c1. The third-order valence-corrected chi connectivity index (χ3v) is 3.63. The summed E-state index contributed by atoms with van der Waals surface area (Å²) in [5.74, 6) is 0.750. The minimum absolute atomic E-state index is 0.750. The lowest BCUT2D eigenvalue weighted by molar-refractivity contribution is 0.393. The molecule has 1 aliphatic rings. The number of piperidine rings is 1. The summed E-state index contributed by atoms with van der Waals surface area (Å²) in [5.41, 5.74) is 2.27. The molecule has 0 aliphatic carbocycles. The Bertz CT molecular complexity index is 483. The summed E-state index contributed by atoms with van der Waals surface area (Å²) in [6.45, 7) is 3.36. The van der Waals surface area contributed by atoms with Crippen molar-refractivity contribution in [3.05, 3.63) is 42.7 Å². The van der Waals surface area contributed by atoms with Crippen LogP contribution in [0.25, 0.3) is 5.69 Å². The molecule has 0 bridgehead atoms. The Morgan fingerprint density at radius 2 is 2.21 bits per heavy atom. The summed E-state index contributed by atoms with van der Waals surface area (Å²) < 4.78 is 1.87. The van der Waals surface area contributed by atoms with Crippen molar-refractivity contribution in [3.8, 4) is 5.69 Å². The standard InChI is InChI=1S/C15H20N4/c1-3-13(11-16-8-1)12-17-14-4-6-15(7-5-14)19-10-2-9-18-19/h2,4-7,9-10,13,16-17H,1,3,8,11-12H2. The molecule has 2 N–H and O–H groups in total. The van der Waals surface area contributed by atoms with Crippen LogP contribution in [0.3, 0.4) is 0 Å². The first-order valence-corrected chi connectivity index (χ1v) is 6.96. The largest absolute Gasteiger partial charge is 0.385 e. The van der Waals surface area contributed by atoms with Gasteiger partial charge in [-0.25, -0.2) is 4.68 Å². The van der Waals surface area contributed by atoms with E-state index in [-0.39, 0.29) is 0 Å². The molecular weight excluding hydrogens is 236 g/mol. The van der Waals surface area contributed by atoms with E-state index in [1.165, 1.54) is 25.1 Å². The predicted molar refractivity (Wildman–Crippen MR) is 77.6 cm³/mol. The molecule has 100 valence electrons. The highest BCUT2D eigenvalue weighted by atomic mass is 15.3. The molecule has 1 aromatic heterocycles. The number of benzene rings is 1. The van der Waals surface area contributed by atoms with Gasteiger partial charge in [-0.1, -0.05) is 0 Å². The zero-order chi connectivity index (χ0) is 12.9. The van der Waals surface area contributed by atoms with Crippen molar-refractivity contribution in [2.45, 2.75) is 12.8 Å². The summed E-state index contributed by atoms with van der Waals surface area (Å²) in [5, 5.41) is 11.2. The Kier molecular flexibility index (Phi) is 3.79. The van der Waals surface area contributed by atoms with E-state index in [9.17, 15) is 0 Å². The average Bonchev–Trinajstić information content (AvgIpc) is 3.01. The fraction of sp³-hybridized carbons (Fsp3) is 0.400. The lowest BCUT2D eigenvalue weighted by Gasteiger charge is -2.23. The van der Waals surface area contributed by atoms with Gasteiger partial charge in [-0.2, -0.15) is 5.10 Å². The molecule has 2 aromatic rings. The zero-order valence-corrected chi connectivity index (χ0v) is 11.0. The van der Waals surface area contributed by atoms with Gasteiger partial charge in [0.2, 0.25) is 0 Å². The maximum atomic E-state index is 4.22. The Labute approximate surface area is 113 Å². The highest BCUT2D eigenvalue weighted by Gasteiger charge is 2.12. The lowest BCUT2D eigenvalue weighted by Crippen LogP contribution is -2.33. The third-order valence-electron chi connectivity index (χ3n) is 3.63. The first-order chi connectivity index (χ1) is 9.42. The van der Waals surface area contributed by atoms with E-state index in [2.05, 4.69) is 40.0 Å². The number of nitrogens with zero attached hydrogens (tertiary/aromatic N) is 2. The van der Waals surface area contributed by atoms with Crippen molar-refractivity contribution in [1.82, 2.24) is 15.1 Å². The topological polar surface area (TPSA) is 41.9 Å². The minimum atomic E-state index is 0.750. The predicted octanol–water partition coefficient (Wildman–Crippen LogP) is 2.28. The van der Waals surface area contributed by atoms with Crippen molar-refractivity contribution in [2.75, 3.05) is 25.0 Å². The summed E-state index contributed by atoms with van der Waals surface area (Å²) in [7, 11) is 0. The Hall–Kier alpha value is -1.81. The van der Waals surface area contributed by atoms with Gasteiger partial charge in [0.25, 0.3) is 0 Å². The summed E-state index contributed by atoms with van der Waals surface area (Å²) in [6, 6.07) is 10.4. The molecular formula is C15H20N4. The monoisotopic (exact) mass is 256 g/mol. The average molecular weight is 256 g/mol. The Morgan fingerprint density at radius 1 is 1.32 bits per heavy atom. The molecule has 1 aromatic carbocycles. The van der Waals surface area contributed by atoms with Crippen LogP contribution in [0.2, 0.25) is 0 Å². The quantitative estimate of drug-likeness (QED) is 0.882. The molecule has 4 heteroatoms. The molecule has 2 heterocycles. The molecule has 0 spiro atoms. The molecule has 1 saturated heterocycles. The number of hydrogen-bond donors (Lipinski definition) is 2. The fourth-order valence-electron chi connectivity index (χ4n) is 2.51. The highest BCUT2D eigenvalue weighted by molar-refractivity contribution is 5.48. The highest BCUT2D eigenvalue weighted by Crippen LogP contribution is 2.15. The third kappa shape index (κ3) is 3.15. The molecule has 1 aliphatic heterocycles. The molecule has 1 unspecified atom stereocenters. The second-order valence-electron chi connectivity index (χ2n) is 5.09. The maximum absolute atomic E-state index is 4.22. The van der Waals surface area contributed by atoms with Crippen LogP contribution in [0.4, 0.5) is 5.69 Å².